The van der Waals surface area contributed by atoms with Gasteiger partial charge in [0.05, 0.1) is 11.3 Å². The van der Waals surface area contributed by atoms with E-state index in [9.17, 15) is 19.5 Å². The fourth-order valence-electron chi connectivity index (χ4n) is 2.87. The van der Waals surface area contributed by atoms with Crippen LogP contribution in [0.1, 0.15) is 39.1 Å². The molecule has 0 unspecified atom stereocenters. The summed E-state index contributed by atoms with van der Waals surface area (Å²) in [7, 11) is 0. The van der Waals surface area contributed by atoms with Gasteiger partial charge in [0.2, 0.25) is 0 Å². The van der Waals surface area contributed by atoms with E-state index in [0.717, 1.165) is 12.0 Å². The summed E-state index contributed by atoms with van der Waals surface area (Å²) in [5, 5.41) is 14.6. The number of hydrogen-bond acceptors (Lipinski definition) is 4. The van der Waals surface area contributed by atoms with Gasteiger partial charge in [0.15, 0.2) is 0 Å². The average molecular weight is 368 g/mol. The Hall–Kier alpha value is -3.19. The molecule has 140 valence electrons. The van der Waals surface area contributed by atoms with Crippen molar-refractivity contribution < 1.29 is 24.2 Å². The molecule has 1 saturated heterocycles. The van der Waals surface area contributed by atoms with Crippen molar-refractivity contribution in [2.45, 2.75) is 25.9 Å². The third-order valence-electron chi connectivity index (χ3n) is 4.39. The first-order chi connectivity index (χ1) is 13.0. The molecule has 7 heteroatoms. The predicted octanol–water partition coefficient (Wildman–Crippen LogP) is 3.06. The van der Waals surface area contributed by atoms with Crippen LogP contribution < -0.4 is 10.6 Å². The molecule has 1 heterocycles. The maximum Gasteiger partial charge on any atom is 0.337 e. The van der Waals surface area contributed by atoms with Crippen molar-refractivity contribution >= 4 is 29.2 Å². The number of hydrogen-bond donors (Lipinski definition) is 3. The molecule has 0 radical (unpaired) electrons. The van der Waals surface area contributed by atoms with Crippen LogP contribution in [0, 0.1) is 6.92 Å². The van der Waals surface area contributed by atoms with Gasteiger partial charge in [-0.3, -0.25) is 9.59 Å². The van der Waals surface area contributed by atoms with Crippen LogP contribution in [0.15, 0.2) is 42.5 Å². The van der Waals surface area contributed by atoms with Gasteiger partial charge in [-0.2, -0.15) is 0 Å². The molecule has 2 amide bonds. The largest absolute Gasteiger partial charge is 0.478 e. The van der Waals surface area contributed by atoms with Gasteiger partial charge >= 0.3 is 5.97 Å². The predicted molar refractivity (Wildman–Crippen MR) is 100 cm³/mol. The summed E-state index contributed by atoms with van der Waals surface area (Å²) < 4.78 is 5.37. The van der Waals surface area contributed by atoms with Gasteiger partial charge < -0.3 is 20.5 Å². The molecule has 1 aliphatic rings. The lowest BCUT2D eigenvalue weighted by Gasteiger charge is -2.14. The van der Waals surface area contributed by atoms with Crippen molar-refractivity contribution in [3.8, 4) is 0 Å². The standard InChI is InChI=1S/C20H20N2O5/c1-12-8-9-13(11-16(12)22-19(24)17-7-4-10-27-17)18(23)21-15-6-3-2-5-14(15)20(25)26/h2-3,5-6,8-9,11,17H,4,7,10H2,1H3,(H,21,23)(H,22,24)(H,25,26)/t17-/m0/s1. The van der Waals surface area contributed by atoms with Gasteiger partial charge in [-0.1, -0.05) is 18.2 Å². The molecule has 27 heavy (non-hydrogen) atoms. The fraction of sp³-hybridized carbons (Fsp3) is 0.250. The topological polar surface area (TPSA) is 105 Å². The lowest BCUT2D eigenvalue weighted by molar-refractivity contribution is -0.124. The number of aromatic carboxylic acids is 1. The van der Waals surface area contributed by atoms with E-state index in [-0.39, 0.29) is 17.2 Å². The Morgan fingerprint density at radius 1 is 1.07 bits per heavy atom. The Labute approximate surface area is 156 Å². The first-order valence-electron chi connectivity index (χ1n) is 8.62. The van der Waals surface area contributed by atoms with Crippen LogP contribution >= 0.6 is 0 Å². The first-order valence-corrected chi connectivity index (χ1v) is 8.62. The third kappa shape index (κ3) is 4.32. The van der Waals surface area contributed by atoms with Gasteiger partial charge in [-0.15, -0.1) is 0 Å². The van der Waals surface area contributed by atoms with E-state index in [4.69, 9.17) is 4.74 Å². The number of carboxylic acids is 1. The number of benzene rings is 2. The number of carbonyl (C=O) groups excluding carboxylic acids is 2. The second-order valence-corrected chi connectivity index (χ2v) is 6.33. The third-order valence-corrected chi connectivity index (χ3v) is 4.39. The summed E-state index contributed by atoms with van der Waals surface area (Å²) >= 11 is 0. The number of nitrogens with one attached hydrogen (secondary N) is 2. The van der Waals surface area contributed by atoms with Gasteiger partial charge in [-0.25, -0.2) is 4.79 Å². The normalized spacial score (nSPS) is 16.0. The summed E-state index contributed by atoms with van der Waals surface area (Å²) in [6.07, 6.45) is 1.06. The van der Waals surface area contributed by atoms with Crippen LogP contribution in [-0.4, -0.2) is 35.6 Å². The quantitative estimate of drug-likeness (QED) is 0.752. The van der Waals surface area contributed by atoms with Crippen molar-refractivity contribution in [2.24, 2.45) is 0 Å². The van der Waals surface area contributed by atoms with E-state index >= 15 is 0 Å². The minimum atomic E-state index is -1.13. The zero-order valence-corrected chi connectivity index (χ0v) is 14.8. The Morgan fingerprint density at radius 2 is 1.85 bits per heavy atom. The van der Waals surface area contributed by atoms with Gasteiger partial charge in [0, 0.05) is 17.9 Å². The highest BCUT2D eigenvalue weighted by Gasteiger charge is 2.24. The number of ether oxygens (including phenoxy) is 1. The van der Waals surface area contributed by atoms with Gasteiger partial charge in [0.1, 0.15) is 6.10 Å². The van der Waals surface area contributed by atoms with Crippen molar-refractivity contribution in [3.05, 3.63) is 59.2 Å². The second-order valence-electron chi connectivity index (χ2n) is 6.33. The van der Waals surface area contributed by atoms with Crippen molar-refractivity contribution in [1.29, 1.82) is 0 Å². The molecule has 0 saturated carbocycles. The average Bonchev–Trinajstić information content (AvgIpc) is 3.18. The smallest absolute Gasteiger partial charge is 0.337 e. The molecule has 1 atom stereocenters. The number of rotatable bonds is 5. The monoisotopic (exact) mass is 368 g/mol. The minimum absolute atomic E-state index is 0.00451. The van der Waals surface area contributed by atoms with Crippen molar-refractivity contribution in [1.82, 2.24) is 0 Å². The van der Waals surface area contributed by atoms with E-state index < -0.39 is 18.0 Å². The summed E-state index contributed by atoms with van der Waals surface area (Å²) in [5.74, 6) is -1.82. The van der Waals surface area contributed by atoms with Crippen molar-refractivity contribution in [2.75, 3.05) is 17.2 Å². The molecule has 3 N–H and O–H groups in total. The zero-order chi connectivity index (χ0) is 19.4. The molecule has 7 nitrogen and oxygen atoms in total. The maximum absolute atomic E-state index is 12.6. The Bertz CT molecular complexity index is 888. The van der Waals surface area contributed by atoms with Gasteiger partial charge in [0.25, 0.3) is 11.8 Å². The lowest BCUT2D eigenvalue weighted by Crippen LogP contribution is -2.27. The maximum atomic E-state index is 12.6. The molecular formula is C20H20N2O5. The molecule has 0 spiro atoms. The van der Waals surface area contributed by atoms with E-state index in [1.54, 1.807) is 30.3 Å². The molecule has 0 bridgehead atoms. The first kappa shape index (κ1) is 18.6. The molecule has 3 rings (SSSR count). The second kappa shape index (κ2) is 8.01. The van der Waals surface area contributed by atoms with E-state index in [2.05, 4.69) is 10.6 Å². The summed E-state index contributed by atoms with van der Waals surface area (Å²) in [5.41, 5.74) is 1.85. The highest BCUT2D eigenvalue weighted by Crippen LogP contribution is 2.21. The van der Waals surface area contributed by atoms with E-state index in [0.29, 0.717) is 24.3 Å². The van der Waals surface area contributed by atoms with Crippen LogP contribution in [0.4, 0.5) is 11.4 Å². The Kier molecular flexibility index (Phi) is 5.52. The molecule has 2 aromatic rings. The number of amides is 2. The SMILES string of the molecule is Cc1ccc(C(=O)Nc2ccccc2C(=O)O)cc1NC(=O)[C@@H]1CCCO1. The van der Waals surface area contributed by atoms with E-state index in [1.807, 2.05) is 6.92 Å². The number of carbonyl (C=O) groups is 3. The summed E-state index contributed by atoms with van der Waals surface area (Å²) in [6, 6.07) is 11.1. The van der Waals surface area contributed by atoms with Crippen LogP contribution in [0.2, 0.25) is 0 Å². The van der Waals surface area contributed by atoms with Crippen molar-refractivity contribution in [3.63, 3.8) is 0 Å². The lowest BCUT2D eigenvalue weighted by atomic mass is 10.1. The number of aryl methyl sites for hydroxylation is 1. The summed E-state index contributed by atoms with van der Waals surface area (Å²) in [4.78, 5) is 36.1. The van der Waals surface area contributed by atoms with E-state index in [1.165, 1.54) is 12.1 Å². The summed E-state index contributed by atoms with van der Waals surface area (Å²) in [6.45, 7) is 2.40. The molecular weight excluding hydrogens is 348 g/mol. The van der Waals surface area contributed by atoms with Gasteiger partial charge in [-0.05, 0) is 49.6 Å². The zero-order valence-electron chi connectivity index (χ0n) is 14.8. The highest BCUT2D eigenvalue weighted by molar-refractivity contribution is 6.08. The molecule has 1 fully saturated rings. The number of anilines is 2. The molecule has 0 aromatic heterocycles. The molecule has 2 aromatic carbocycles. The van der Waals surface area contributed by atoms with Crippen LogP contribution in [-0.2, 0) is 9.53 Å². The fourth-order valence-corrected chi connectivity index (χ4v) is 2.87. The van der Waals surface area contributed by atoms with Crippen LogP contribution in [0.5, 0.6) is 0 Å². The van der Waals surface area contributed by atoms with Crippen LogP contribution in [0.3, 0.4) is 0 Å². The minimum Gasteiger partial charge on any atom is -0.478 e. The van der Waals surface area contributed by atoms with Crippen LogP contribution in [0.25, 0.3) is 0 Å². The molecule has 0 aliphatic carbocycles. The molecule has 1 aliphatic heterocycles. The Balaban J connectivity index is 1.78. The number of carboxylic acid groups (broad SMARTS) is 1. The Morgan fingerprint density at radius 3 is 2.56 bits per heavy atom. The highest BCUT2D eigenvalue weighted by atomic mass is 16.5. The number of para-hydroxylation sites is 1.